The highest BCUT2D eigenvalue weighted by Crippen LogP contribution is 2.38. The van der Waals surface area contributed by atoms with Crippen molar-refractivity contribution in [1.29, 1.82) is 0 Å². The van der Waals surface area contributed by atoms with Gasteiger partial charge in [-0.05, 0) is 24.6 Å². The molecule has 2 aromatic rings. The summed E-state index contributed by atoms with van der Waals surface area (Å²) in [5, 5.41) is 4.96. The van der Waals surface area contributed by atoms with E-state index in [1.54, 1.807) is 13.8 Å². The van der Waals surface area contributed by atoms with Crippen molar-refractivity contribution in [2.45, 2.75) is 32.6 Å². The number of halogens is 6. The molecule has 3 rings (SSSR count). The van der Waals surface area contributed by atoms with Crippen molar-refractivity contribution >= 4 is 18.0 Å². The third-order valence-corrected chi connectivity index (χ3v) is 4.76. The van der Waals surface area contributed by atoms with Crippen molar-refractivity contribution < 1.29 is 35.9 Å². The van der Waals surface area contributed by atoms with Crippen molar-refractivity contribution in [3.8, 4) is 11.4 Å². The van der Waals surface area contributed by atoms with Crippen LogP contribution in [0.25, 0.3) is 17.6 Å². The van der Waals surface area contributed by atoms with Crippen LogP contribution in [0.2, 0.25) is 0 Å². The molecule has 7 nitrogen and oxygen atoms in total. The number of hydrogen-bond donors (Lipinski definition) is 1. The number of alkyl halides is 6. The zero-order valence-electron chi connectivity index (χ0n) is 16.8. The van der Waals surface area contributed by atoms with Crippen molar-refractivity contribution in [2.24, 2.45) is 5.41 Å². The van der Waals surface area contributed by atoms with E-state index >= 15 is 0 Å². The first-order valence-corrected chi connectivity index (χ1v) is 9.19. The lowest BCUT2D eigenvalue weighted by molar-refractivity contribution is -0.143. The maximum atomic E-state index is 13.0. The van der Waals surface area contributed by atoms with Crippen LogP contribution in [0.4, 0.5) is 26.3 Å². The van der Waals surface area contributed by atoms with Crippen molar-refractivity contribution in [3.05, 3.63) is 41.7 Å². The first-order valence-electron chi connectivity index (χ1n) is 9.19. The van der Waals surface area contributed by atoms with Gasteiger partial charge in [0, 0.05) is 29.8 Å². The molecular weight excluding hydrogens is 444 g/mol. The van der Waals surface area contributed by atoms with E-state index < -0.39 is 46.2 Å². The molecule has 1 aliphatic rings. The smallest absolute Gasteiger partial charge is 0.272 e. The fourth-order valence-electron chi connectivity index (χ4n) is 2.95. The molecule has 1 N–H and O–H groups in total. The van der Waals surface area contributed by atoms with Gasteiger partial charge in [-0.2, -0.15) is 26.3 Å². The summed E-state index contributed by atoms with van der Waals surface area (Å²) in [5.74, 6) is -1.33. The van der Waals surface area contributed by atoms with Gasteiger partial charge in [-0.25, -0.2) is 9.67 Å². The second-order valence-electron chi connectivity index (χ2n) is 7.73. The molecule has 32 heavy (non-hydrogen) atoms. The number of carbonyl (C=O) groups is 2. The number of carbonyl (C=O) groups excluding carboxylic acids is 2. The Hall–Kier alpha value is -3.38. The van der Waals surface area contributed by atoms with Crippen LogP contribution in [0.5, 0.6) is 0 Å². The molecular formula is C19H17F6N5O2. The Balaban J connectivity index is 1.78. The van der Waals surface area contributed by atoms with E-state index in [1.807, 2.05) is 0 Å². The zero-order valence-corrected chi connectivity index (χ0v) is 16.8. The number of benzene rings is 1. The van der Waals surface area contributed by atoms with Gasteiger partial charge in [-0.15, -0.1) is 5.10 Å². The second kappa shape index (κ2) is 7.95. The Morgan fingerprint density at radius 1 is 1.09 bits per heavy atom. The minimum atomic E-state index is -5.00. The third-order valence-electron chi connectivity index (χ3n) is 4.76. The summed E-state index contributed by atoms with van der Waals surface area (Å²) in [6.45, 7) is 3.81. The Morgan fingerprint density at radius 3 is 2.19 bits per heavy atom. The maximum Gasteiger partial charge on any atom is 0.416 e. The highest BCUT2D eigenvalue weighted by atomic mass is 19.4. The summed E-state index contributed by atoms with van der Waals surface area (Å²) in [5.41, 5.74) is -1.69. The number of rotatable bonds is 4. The van der Waals surface area contributed by atoms with Gasteiger partial charge in [-0.1, -0.05) is 13.8 Å². The van der Waals surface area contributed by atoms with Gasteiger partial charge in [0.2, 0.25) is 5.91 Å². The van der Waals surface area contributed by atoms with Gasteiger partial charge in [0.25, 0.3) is 5.91 Å². The number of hydrogen-bond acceptors (Lipinski definition) is 4. The minimum Gasteiger partial charge on any atom is -0.272 e. The van der Waals surface area contributed by atoms with Crippen molar-refractivity contribution in [1.82, 2.24) is 25.2 Å². The standard InChI is InChI=1S/C19H17F6N5O2/c1-17(2)4-6-30(16(17)32)27-14(31)3-5-29-10-26-15(28-29)11-7-12(18(20,21)22)9-13(8-11)19(23,24)25/h3,5,7-10H,4,6H2,1-2H3,(H,27,31)/b5-3-. The summed E-state index contributed by atoms with van der Waals surface area (Å²) in [6.07, 6.45) is -6.35. The number of aromatic nitrogens is 3. The van der Waals surface area contributed by atoms with E-state index in [1.165, 1.54) is 5.01 Å². The monoisotopic (exact) mass is 461 g/mol. The minimum absolute atomic E-state index is 0.00562. The van der Waals surface area contributed by atoms with Crippen LogP contribution < -0.4 is 5.43 Å². The molecule has 1 aromatic carbocycles. The maximum absolute atomic E-state index is 13.0. The largest absolute Gasteiger partial charge is 0.416 e. The Kier molecular flexibility index (Phi) is 5.78. The molecule has 1 aromatic heterocycles. The predicted molar refractivity (Wildman–Crippen MR) is 99.0 cm³/mol. The van der Waals surface area contributed by atoms with Crippen molar-refractivity contribution in [2.75, 3.05) is 6.54 Å². The summed E-state index contributed by atoms with van der Waals surface area (Å²) >= 11 is 0. The van der Waals surface area contributed by atoms with Gasteiger partial charge < -0.3 is 0 Å². The molecule has 1 saturated heterocycles. The van der Waals surface area contributed by atoms with Crippen LogP contribution in [0.15, 0.2) is 30.6 Å². The molecule has 0 aliphatic carbocycles. The first-order chi connectivity index (χ1) is 14.7. The van der Waals surface area contributed by atoms with E-state index in [0.717, 1.165) is 23.3 Å². The van der Waals surface area contributed by atoms with Crippen LogP contribution in [-0.2, 0) is 21.9 Å². The van der Waals surface area contributed by atoms with Gasteiger partial charge in [-0.3, -0.25) is 20.0 Å². The molecule has 0 saturated carbocycles. The number of nitrogens with zero attached hydrogens (tertiary/aromatic N) is 4. The molecule has 2 amide bonds. The lowest BCUT2D eigenvalue weighted by Crippen LogP contribution is -2.44. The number of amides is 2. The van der Waals surface area contributed by atoms with Gasteiger partial charge in [0.1, 0.15) is 6.33 Å². The number of nitrogens with one attached hydrogen (secondary N) is 1. The second-order valence-corrected chi connectivity index (χ2v) is 7.73. The van der Waals surface area contributed by atoms with Crippen LogP contribution in [0.1, 0.15) is 31.4 Å². The molecule has 0 atom stereocenters. The van der Waals surface area contributed by atoms with Crippen LogP contribution in [0.3, 0.4) is 0 Å². The van der Waals surface area contributed by atoms with Gasteiger partial charge in [0.05, 0.1) is 11.1 Å². The number of hydrazine groups is 1. The zero-order chi connectivity index (χ0) is 23.9. The first kappa shape index (κ1) is 23.3. The molecule has 0 unspecified atom stereocenters. The normalized spacial score (nSPS) is 16.8. The Morgan fingerprint density at radius 2 is 1.69 bits per heavy atom. The lowest BCUT2D eigenvalue weighted by Gasteiger charge is -2.19. The molecule has 1 aliphatic heterocycles. The Labute approximate surface area is 177 Å². The average molecular weight is 461 g/mol. The fourth-order valence-corrected chi connectivity index (χ4v) is 2.95. The highest BCUT2D eigenvalue weighted by Gasteiger charge is 2.39. The van der Waals surface area contributed by atoms with Crippen molar-refractivity contribution in [3.63, 3.8) is 0 Å². The van der Waals surface area contributed by atoms with Gasteiger partial charge >= 0.3 is 12.4 Å². The average Bonchev–Trinajstić information content (AvgIpc) is 3.25. The van der Waals surface area contributed by atoms with E-state index in [2.05, 4.69) is 15.5 Å². The summed E-state index contributed by atoms with van der Waals surface area (Å²) in [7, 11) is 0. The van der Waals surface area contributed by atoms with Crippen LogP contribution in [-0.4, -0.2) is 38.1 Å². The Bertz CT molecular complexity index is 1040. The fraction of sp³-hybridized carbons (Fsp3) is 0.368. The molecule has 0 bridgehead atoms. The van der Waals surface area contributed by atoms with E-state index in [4.69, 9.17) is 0 Å². The topological polar surface area (TPSA) is 80.1 Å². The highest BCUT2D eigenvalue weighted by molar-refractivity contribution is 5.93. The van der Waals surface area contributed by atoms with Gasteiger partial charge in [0.15, 0.2) is 5.82 Å². The van der Waals surface area contributed by atoms with E-state index in [9.17, 15) is 35.9 Å². The summed E-state index contributed by atoms with van der Waals surface area (Å²) < 4.78 is 79.0. The molecule has 0 radical (unpaired) electrons. The molecule has 0 spiro atoms. The summed E-state index contributed by atoms with van der Waals surface area (Å²) in [6, 6.07) is 1.02. The quantitative estimate of drug-likeness (QED) is 0.556. The molecule has 172 valence electrons. The third kappa shape index (κ3) is 5.08. The lowest BCUT2D eigenvalue weighted by atomic mass is 9.92. The van der Waals surface area contributed by atoms with E-state index in [-0.39, 0.29) is 12.0 Å². The molecule has 13 heteroatoms. The SMILES string of the molecule is CC1(C)CCN(NC(=O)/C=C\n2cnc(-c3cc(C(F)(F)F)cc(C(F)(F)F)c3)n2)C1=O. The summed E-state index contributed by atoms with van der Waals surface area (Å²) in [4.78, 5) is 27.8. The molecule has 2 heterocycles. The molecule has 1 fully saturated rings. The van der Waals surface area contributed by atoms with E-state index in [0.29, 0.717) is 25.1 Å². The van der Waals surface area contributed by atoms with Crippen LogP contribution >= 0.6 is 0 Å². The van der Waals surface area contributed by atoms with Crippen LogP contribution in [0, 0.1) is 5.41 Å². The predicted octanol–water partition coefficient (Wildman–Crippen LogP) is 3.74.